The summed E-state index contributed by atoms with van der Waals surface area (Å²) >= 11 is 3.41. The number of benzene rings is 3. The number of halogens is 1. The van der Waals surface area contributed by atoms with E-state index in [2.05, 4.69) is 70.0 Å². The molecule has 1 amide bonds. The highest BCUT2D eigenvalue weighted by atomic mass is 79.9. The summed E-state index contributed by atoms with van der Waals surface area (Å²) in [5.41, 5.74) is 5.33. The molecule has 0 atom stereocenters. The Balaban J connectivity index is 1.51. The summed E-state index contributed by atoms with van der Waals surface area (Å²) in [5.74, 6) is 1.42. The predicted molar refractivity (Wildman–Crippen MR) is 130 cm³/mol. The van der Waals surface area contributed by atoms with Gasteiger partial charge in [-0.2, -0.15) is 0 Å². The number of nitrogens with zero attached hydrogens (tertiary/aromatic N) is 2. The van der Waals surface area contributed by atoms with E-state index in [-0.39, 0.29) is 5.91 Å². The average Bonchev–Trinajstić information content (AvgIpc) is 3.11. The number of hydrogen-bond acceptors (Lipinski definition) is 2. The van der Waals surface area contributed by atoms with Crippen LogP contribution in [0.15, 0.2) is 77.3 Å². The second-order valence-corrected chi connectivity index (χ2v) is 8.93. The zero-order valence-electron chi connectivity index (χ0n) is 17.8. The molecule has 0 aliphatic rings. The van der Waals surface area contributed by atoms with Crippen molar-refractivity contribution >= 4 is 32.9 Å². The molecular formula is C26H26BrN3O. The minimum Gasteiger partial charge on any atom is -0.352 e. The van der Waals surface area contributed by atoms with Gasteiger partial charge in [0.15, 0.2) is 0 Å². The smallest absolute Gasteiger partial charge is 0.251 e. The Labute approximate surface area is 191 Å². The maximum atomic E-state index is 12.5. The van der Waals surface area contributed by atoms with Gasteiger partial charge in [-0.1, -0.05) is 72.2 Å². The number of para-hydroxylation sites is 2. The van der Waals surface area contributed by atoms with Crippen molar-refractivity contribution in [1.82, 2.24) is 14.9 Å². The van der Waals surface area contributed by atoms with Crippen LogP contribution in [0.4, 0.5) is 0 Å². The SMILES string of the molecule is CC(C)c1ccc(Cn2c(CCNC(=O)c3cccc(Br)c3)nc3ccccc32)cc1. The van der Waals surface area contributed by atoms with E-state index in [0.717, 1.165) is 27.9 Å². The molecule has 0 fully saturated rings. The maximum absolute atomic E-state index is 12.5. The molecule has 0 aliphatic carbocycles. The Morgan fingerprint density at radius 3 is 2.55 bits per heavy atom. The summed E-state index contributed by atoms with van der Waals surface area (Å²) < 4.78 is 3.15. The number of fused-ring (bicyclic) bond motifs is 1. The lowest BCUT2D eigenvalue weighted by molar-refractivity contribution is 0.0954. The van der Waals surface area contributed by atoms with Crippen molar-refractivity contribution in [3.63, 3.8) is 0 Å². The largest absolute Gasteiger partial charge is 0.352 e. The Kier molecular flexibility index (Phi) is 6.52. The molecule has 31 heavy (non-hydrogen) atoms. The standard InChI is InChI=1S/C26H26BrN3O/c1-18(2)20-12-10-19(11-13-20)17-30-24-9-4-3-8-23(24)29-25(30)14-15-28-26(31)21-6-5-7-22(27)16-21/h3-13,16,18H,14-15,17H2,1-2H3,(H,28,31). The quantitative estimate of drug-likeness (QED) is 0.359. The normalized spacial score (nSPS) is 11.2. The molecule has 1 N–H and O–H groups in total. The summed E-state index contributed by atoms with van der Waals surface area (Å²) in [4.78, 5) is 17.3. The second-order valence-electron chi connectivity index (χ2n) is 8.02. The van der Waals surface area contributed by atoms with Crippen LogP contribution in [-0.2, 0) is 13.0 Å². The molecule has 4 aromatic rings. The number of nitrogens with one attached hydrogen (secondary N) is 1. The van der Waals surface area contributed by atoms with Crippen molar-refractivity contribution in [3.05, 3.63) is 99.8 Å². The van der Waals surface area contributed by atoms with E-state index in [0.29, 0.717) is 24.4 Å². The molecule has 5 heteroatoms. The fraction of sp³-hybridized carbons (Fsp3) is 0.231. The van der Waals surface area contributed by atoms with E-state index in [9.17, 15) is 4.79 Å². The van der Waals surface area contributed by atoms with Crippen LogP contribution in [0, 0.1) is 0 Å². The number of hydrogen-bond donors (Lipinski definition) is 1. The van der Waals surface area contributed by atoms with Crippen LogP contribution in [0.3, 0.4) is 0 Å². The van der Waals surface area contributed by atoms with Crippen molar-refractivity contribution in [2.75, 3.05) is 6.54 Å². The summed E-state index contributed by atoms with van der Waals surface area (Å²) in [6, 6.07) is 24.4. The third-order valence-electron chi connectivity index (χ3n) is 5.44. The van der Waals surface area contributed by atoms with Gasteiger partial charge in [-0.15, -0.1) is 0 Å². The Morgan fingerprint density at radius 2 is 1.81 bits per heavy atom. The molecule has 158 valence electrons. The van der Waals surface area contributed by atoms with E-state index in [1.165, 1.54) is 11.1 Å². The summed E-state index contributed by atoms with van der Waals surface area (Å²) in [6.45, 7) is 5.70. The highest BCUT2D eigenvalue weighted by molar-refractivity contribution is 9.10. The number of aromatic nitrogens is 2. The van der Waals surface area contributed by atoms with Crippen LogP contribution in [0.2, 0.25) is 0 Å². The molecular weight excluding hydrogens is 450 g/mol. The summed E-state index contributed by atoms with van der Waals surface area (Å²) in [7, 11) is 0. The highest BCUT2D eigenvalue weighted by Gasteiger charge is 2.12. The van der Waals surface area contributed by atoms with E-state index in [1.807, 2.05) is 42.5 Å². The third-order valence-corrected chi connectivity index (χ3v) is 5.93. The zero-order chi connectivity index (χ0) is 21.8. The van der Waals surface area contributed by atoms with Gasteiger partial charge < -0.3 is 9.88 Å². The number of rotatable bonds is 7. The topological polar surface area (TPSA) is 46.9 Å². The lowest BCUT2D eigenvalue weighted by atomic mass is 10.0. The molecule has 0 bridgehead atoms. The molecule has 1 aromatic heterocycles. The van der Waals surface area contributed by atoms with Crippen molar-refractivity contribution < 1.29 is 4.79 Å². The monoisotopic (exact) mass is 475 g/mol. The van der Waals surface area contributed by atoms with Gasteiger partial charge in [0.1, 0.15) is 5.82 Å². The number of carbonyl (C=O) groups excluding carboxylic acids is 1. The average molecular weight is 476 g/mol. The van der Waals surface area contributed by atoms with Gasteiger partial charge in [-0.05, 0) is 47.4 Å². The van der Waals surface area contributed by atoms with Gasteiger partial charge in [0, 0.05) is 29.5 Å². The summed E-state index contributed by atoms with van der Waals surface area (Å²) in [6.07, 6.45) is 0.665. The fourth-order valence-corrected chi connectivity index (χ4v) is 4.10. The highest BCUT2D eigenvalue weighted by Crippen LogP contribution is 2.20. The molecule has 0 saturated heterocycles. The lowest BCUT2D eigenvalue weighted by Gasteiger charge is -2.12. The molecule has 4 rings (SSSR count). The van der Waals surface area contributed by atoms with Gasteiger partial charge in [0.05, 0.1) is 11.0 Å². The number of amides is 1. The molecule has 0 unspecified atom stereocenters. The first kappa shape index (κ1) is 21.3. The van der Waals surface area contributed by atoms with Crippen LogP contribution in [-0.4, -0.2) is 22.0 Å². The molecule has 0 radical (unpaired) electrons. The van der Waals surface area contributed by atoms with Gasteiger partial charge in [0.2, 0.25) is 0 Å². The van der Waals surface area contributed by atoms with Crippen molar-refractivity contribution in [3.8, 4) is 0 Å². The third kappa shape index (κ3) is 5.05. The van der Waals surface area contributed by atoms with Crippen molar-refractivity contribution in [2.45, 2.75) is 32.7 Å². The lowest BCUT2D eigenvalue weighted by Crippen LogP contribution is -2.26. The van der Waals surface area contributed by atoms with Gasteiger partial charge >= 0.3 is 0 Å². The van der Waals surface area contributed by atoms with Crippen LogP contribution < -0.4 is 5.32 Å². The van der Waals surface area contributed by atoms with Crippen LogP contribution in [0.1, 0.15) is 47.1 Å². The second kappa shape index (κ2) is 9.48. The number of carbonyl (C=O) groups is 1. The summed E-state index contributed by atoms with van der Waals surface area (Å²) in [5, 5.41) is 3.02. The minimum atomic E-state index is -0.0757. The van der Waals surface area contributed by atoms with E-state index in [4.69, 9.17) is 4.98 Å². The zero-order valence-corrected chi connectivity index (χ0v) is 19.4. The maximum Gasteiger partial charge on any atom is 0.251 e. The van der Waals surface area contributed by atoms with Crippen molar-refractivity contribution in [2.24, 2.45) is 0 Å². The Hall–Kier alpha value is -2.92. The fourth-order valence-electron chi connectivity index (χ4n) is 3.70. The molecule has 0 spiro atoms. The van der Waals surface area contributed by atoms with Crippen molar-refractivity contribution in [1.29, 1.82) is 0 Å². The first-order chi connectivity index (χ1) is 15.0. The van der Waals surface area contributed by atoms with Gasteiger partial charge in [0.25, 0.3) is 5.91 Å². The van der Waals surface area contributed by atoms with E-state index in [1.54, 1.807) is 0 Å². The molecule has 0 saturated carbocycles. The predicted octanol–water partition coefficient (Wildman–Crippen LogP) is 5.94. The van der Waals surface area contributed by atoms with Crippen LogP contribution in [0.25, 0.3) is 11.0 Å². The molecule has 1 heterocycles. The molecule has 3 aromatic carbocycles. The van der Waals surface area contributed by atoms with Gasteiger partial charge in [-0.25, -0.2) is 4.98 Å². The Morgan fingerprint density at radius 1 is 1.03 bits per heavy atom. The first-order valence-corrected chi connectivity index (χ1v) is 11.4. The molecule has 0 aliphatic heterocycles. The molecule has 4 nitrogen and oxygen atoms in total. The van der Waals surface area contributed by atoms with Crippen LogP contribution >= 0.6 is 15.9 Å². The minimum absolute atomic E-state index is 0.0757. The van der Waals surface area contributed by atoms with E-state index < -0.39 is 0 Å². The van der Waals surface area contributed by atoms with Crippen LogP contribution in [0.5, 0.6) is 0 Å². The van der Waals surface area contributed by atoms with Gasteiger partial charge in [-0.3, -0.25) is 4.79 Å². The first-order valence-electron chi connectivity index (χ1n) is 10.6. The van der Waals surface area contributed by atoms with E-state index >= 15 is 0 Å². The Bertz CT molecular complexity index is 1190. The number of imidazole rings is 1.